The zero-order chi connectivity index (χ0) is 15.8. The highest BCUT2D eigenvalue weighted by atomic mass is 16.7. The molecule has 5 heteroatoms. The Labute approximate surface area is 133 Å². The molecular weight excluding hydrogens is 296 g/mol. The van der Waals surface area contributed by atoms with Crippen molar-refractivity contribution in [3.05, 3.63) is 53.6 Å². The lowest BCUT2D eigenvalue weighted by Crippen LogP contribution is -2.22. The van der Waals surface area contributed by atoms with Crippen molar-refractivity contribution in [2.45, 2.75) is 25.6 Å². The largest absolute Gasteiger partial charge is 0.485 e. The minimum atomic E-state index is -0.312. The van der Waals surface area contributed by atoms with E-state index in [0.717, 1.165) is 22.6 Å². The first-order valence-electron chi connectivity index (χ1n) is 7.53. The molecule has 0 spiro atoms. The number of hydrogen-bond acceptors (Lipinski definition) is 5. The van der Waals surface area contributed by atoms with Gasteiger partial charge in [0.1, 0.15) is 18.0 Å². The lowest BCUT2D eigenvalue weighted by Gasteiger charge is -2.32. The van der Waals surface area contributed by atoms with Crippen molar-refractivity contribution in [3.8, 4) is 17.2 Å². The predicted octanol–water partition coefficient (Wildman–Crippen LogP) is 3.54. The summed E-state index contributed by atoms with van der Waals surface area (Å²) in [5.41, 5.74) is 1.88. The molecule has 0 saturated heterocycles. The SMILES string of the molecule is CC(=O)O[C@@H]1C[C@H](c2ccc3c(c2)OCO3)Oc2ccccc21. The first-order chi connectivity index (χ1) is 11.2. The smallest absolute Gasteiger partial charge is 0.303 e. The van der Waals surface area contributed by atoms with Gasteiger partial charge in [-0.25, -0.2) is 0 Å². The molecular formula is C18H16O5. The highest BCUT2D eigenvalue weighted by Gasteiger charge is 2.32. The highest BCUT2D eigenvalue weighted by Crippen LogP contribution is 2.44. The molecule has 23 heavy (non-hydrogen) atoms. The van der Waals surface area contributed by atoms with Gasteiger partial charge in [0.2, 0.25) is 6.79 Å². The van der Waals surface area contributed by atoms with E-state index >= 15 is 0 Å². The van der Waals surface area contributed by atoms with Gasteiger partial charge in [-0.1, -0.05) is 24.3 Å². The Kier molecular flexibility index (Phi) is 3.33. The van der Waals surface area contributed by atoms with Crippen molar-refractivity contribution in [2.24, 2.45) is 0 Å². The van der Waals surface area contributed by atoms with Gasteiger partial charge in [0.25, 0.3) is 0 Å². The molecule has 0 aliphatic carbocycles. The van der Waals surface area contributed by atoms with E-state index in [9.17, 15) is 4.79 Å². The van der Waals surface area contributed by atoms with Crippen LogP contribution in [0.4, 0.5) is 0 Å². The van der Waals surface area contributed by atoms with Gasteiger partial charge in [-0.05, 0) is 23.8 Å². The standard InChI is InChI=1S/C18H16O5/c1-11(19)22-17-9-16(23-14-5-3-2-4-13(14)17)12-6-7-15-18(8-12)21-10-20-15/h2-8,16-17H,9-10H2,1H3/t16-,17-/m1/s1. The van der Waals surface area contributed by atoms with Crippen LogP contribution in [-0.4, -0.2) is 12.8 Å². The number of rotatable bonds is 2. The van der Waals surface area contributed by atoms with Crippen LogP contribution in [0.2, 0.25) is 0 Å². The van der Waals surface area contributed by atoms with Crippen molar-refractivity contribution in [2.75, 3.05) is 6.79 Å². The summed E-state index contributed by atoms with van der Waals surface area (Å²) in [5, 5.41) is 0. The van der Waals surface area contributed by atoms with E-state index in [1.807, 2.05) is 42.5 Å². The maximum absolute atomic E-state index is 11.4. The number of fused-ring (bicyclic) bond motifs is 2. The molecule has 0 unspecified atom stereocenters. The Morgan fingerprint density at radius 1 is 1.09 bits per heavy atom. The van der Waals surface area contributed by atoms with Crippen molar-refractivity contribution < 1.29 is 23.7 Å². The van der Waals surface area contributed by atoms with E-state index in [1.54, 1.807) is 0 Å². The summed E-state index contributed by atoms with van der Waals surface area (Å²) in [6, 6.07) is 13.4. The Bertz CT molecular complexity index is 755. The maximum Gasteiger partial charge on any atom is 0.303 e. The topological polar surface area (TPSA) is 54.0 Å². The number of benzene rings is 2. The molecule has 0 radical (unpaired) electrons. The fourth-order valence-electron chi connectivity index (χ4n) is 3.01. The van der Waals surface area contributed by atoms with Crippen molar-refractivity contribution in [3.63, 3.8) is 0 Å². The van der Waals surface area contributed by atoms with E-state index in [4.69, 9.17) is 18.9 Å². The lowest BCUT2D eigenvalue weighted by molar-refractivity contribution is -0.149. The zero-order valence-electron chi connectivity index (χ0n) is 12.7. The number of ether oxygens (including phenoxy) is 4. The second kappa shape index (κ2) is 5.50. The van der Waals surface area contributed by atoms with E-state index in [2.05, 4.69) is 0 Å². The molecule has 5 nitrogen and oxygen atoms in total. The van der Waals surface area contributed by atoms with Gasteiger partial charge in [-0.2, -0.15) is 0 Å². The van der Waals surface area contributed by atoms with Crippen LogP contribution < -0.4 is 14.2 Å². The summed E-state index contributed by atoms with van der Waals surface area (Å²) < 4.78 is 22.4. The third kappa shape index (κ3) is 2.59. The van der Waals surface area contributed by atoms with Gasteiger partial charge in [-0.15, -0.1) is 0 Å². The average Bonchev–Trinajstić information content (AvgIpc) is 3.01. The third-order valence-electron chi connectivity index (χ3n) is 4.04. The molecule has 4 rings (SSSR count). The first kappa shape index (κ1) is 13.9. The first-order valence-corrected chi connectivity index (χ1v) is 7.53. The van der Waals surface area contributed by atoms with Crippen LogP contribution in [0, 0.1) is 0 Å². The van der Waals surface area contributed by atoms with Crippen LogP contribution in [0.15, 0.2) is 42.5 Å². The Morgan fingerprint density at radius 3 is 2.78 bits per heavy atom. The van der Waals surface area contributed by atoms with Gasteiger partial charge in [0.05, 0.1) is 0 Å². The number of carbonyl (C=O) groups is 1. The molecule has 0 aromatic heterocycles. The monoisotopic (exact) mass is 312 g/mol. The van der Waals surface area contributed by atoms with E-state index in [1.165, 1.54) is 6.92 Å². The highest BCUT2D eigenvalue weighted by molar-refractivity contribution is 5.66. The summed E-state index contributed by atoms with van der Waals surface area (Å²) in [7, 11) is 0. The molecule has 2 aromatic rings. The van der Waals surface area contributed by atoms with Crippen molar-refractivity contribution >= 4 is 5.97 Å². The van der Waals surface area contributed by atoms with E-state index < -0.39 is 0 Å². The molecule has 0 fully saturated rings. The van der Waals surface area contributed by atoms with Crippen molar-refractivity contribution in [1.29, 1.82) is 0 Å². The maximum atomic E-state index is 11.4. The van der Waals surface area contributed by atoms with Gasteiger partial charge >= 0.3 is 5.97 Å². The van der Waals surface area contributed by atoms with Crippen LogP contribution in [0.3, 0.4) is 0 Å². The zero-order valence-corrected chi connectivity index (χ0v) is 12.7. The summed E-state index contributed by atoms with van der Waals surface area (Å²) in [6.07, 6.45) is 0.0487. The van der Waals surface area contributed by atoms with Crippen LogP contribution >= 0.6 is 0 Å². The van der Waals surface area contributed by atoms with Crippen LogP contribution in [-0.2, 0) is 9.53 Å². The normalized spacial score (nSPS) is 21.3. The Balaban J connectivity index is 1.67. The Hall–Kier alpha value is -2.69. The average molecular weight is 312 g/mol. The molecule has 118 valence electrons. The van der Waals surface area contributed by atoms with Crippen LogP contribution in [0.25, 0.3) is 0 Å². The van der Waals surface area contributed by atoms with Crippen molar-refractivity contribution in [1.82, 2.24) is 0 Å². The summed E-state index contributed by atoms with van der Waals surface area (Å²) >= 11 is 0. The van der Waals surface area contributed by atoms with E-state index in [0.29, 0.717) is 12.2 Å². The molecule has 0 saturated carbocycles. The number of carbonyl (C=O) groups excluding carboxylic acids is 1. The molecule has 0 N–H and O–H groups in total. The van der Waals surface area contributed by atoms with E-state index in [-0.39, 0.29) is 25.0 Å². The number of esters is 1. The lowest BCUT2D eigenvalue weighted by atomic mass is 9.94. The minimum absolute atomic E-state index is 0.205. The Morgan fingerprint density at radius 2 is 1.91 bits per heavy atom. The molecule has 0 bridgehead atoms. The molecule has 2 aliphatic rings. The summed E-state index contributed by atoms with van der Waals surface area (Å²) in [5.74, 6) is 1.90. The summed E-state index contributed by atoms with van der Waals surface area (Å²) in [6.45, 7) is 1.66. The molecule has 0 amide bonds. The molecule has 2 heterocycles. The summed E-state index contributed by atoms with van der Waals surface area (Å²) in [4.78, 5) is 11.4. The predicted molar refractivity (Wildman–Crippen MR) is 81.5 cm³/mol. The number of para-hydroxylation sites is 1. The number of hydrogen-bond donors (Lipinski definition) is 0. The quantitative estimate of drug-likeness (QED) is 0.794. The third-order valence-corrected chi connectivity index (χ3v) is 4.04. The molecule has 2 atom stereocenters. The minimum Gasteiger partial charge on any atom is -0.485 e. The molecule has 2 aliphatic heterocycles. The fourth-order valence-corrected chi connectivity index (χ4v) is 3.01. The molecule has 2 aromatic carbocycles. The van der Waals surface area contributed by atoms with Gasteiger partial charge in [0.15, 0.2) is 11.5 Å². The van der Waals surface area contributed by atoms with Gasteiger partial charge in [0, 0.05) is 18.9 Å². The fraction of sp³-hybridized carbons (Fsp3) is 0.278. The van der Waals surface area contributed by atoms with Crippen LogP contribution in [0.5, 0.6) is 17.2 Å². The van der Waals surface area contributed by atoms with Gasteiger partial charge in [-0.3, -0.25) is 4.79 Å². The second-order valence-corrected chi connectivity index (χ2v) is 5.59. The second-order valence-electron chi connectivity index (χ2n) is 5.59. The van der Waals surface area contributed by atoms with Gasteiger partial charge < -0.3 is 18.9 Å². The van der Waals surface area contributed by atoms with Crippen LogP contribution in [0.1, 0.15) is 36.7 Å².